The molecule has 0 aliphatic carbocycles. The van der Waals surface area contributed by atoms with Gasteiger partial charge >= 0.3 is 12.1 Å². The van der Waals surface area contributed by atoms with Gasteiger partial charge in [0.1, 0.15) is 18.2 Å². The van der Waals surface area contributed by atoms with E-state index >= 15 is 0 Å². The van der Waals surface area contributed by atoms with E-state index in [2.05, 4.69) is 10.6 Å². The number of benzene rings is 1. The normalized spacial score (nSPS) is 12.1. The van der Waals surface area contributed by atoms with Crippen LogP contribution < -0.4 is 16.4 Å². The minimum Gasteiger partial charge on any atom is -0.445 e. The predicted molar refractivity (Wildman–Crippen MR) is 173 cm³/mol. The van der Waals surface area contributed by atoms with Gasteiger partial charge in [-0.1, -0.05) is 38.1 Å². The first-order valence-electron chi connectivity index (χ1n) is 15.7. The molecule has 1 rings (SSSR count). The van der Waals surface area contributed by atoms with Crippen LogP contribution in [-0.4, -0.2) is 90.9 Å². The SMILES string of the molecule is CC(=O)CCCC(=O)C[C@H](C(=O)N[C@@H](CCCNC(N)=O)C(=O)Cc1ccc(COC(=O)N(C)CCN(C)C(C)=O)cc1)C(C)C. The molecule has 2 atom stereocenters. The molecule has 0 aromatic heterocycles. The number of carbonyl (C=O) groups is 7. The Hall–Kier alpha value is -4.29. The summed E-state index contributed by atoms with van der Waals surface area (Å²) in [5.74, 6) is -1.63. The Morgan fingerprint density at radius 1 is 0.870 bits per heavy atom. The molecule has 0 saturated carbocycles. The summed E-state index contributed by atoms with van der Waals surface area (Å²) in [5.41, 5.74) is 6.55. The van der Waals surface area contributed by atoms with Gasteiger partial charge in [0.15, 0.2) is 5.78 Å². The fraction of sp³-hybridized carbons (Fsp3) is 0.606. The highest BCUT2D eigenvalue weighted by Crippen LogP contribution is 2.19. The number of primary amides is 1. The number of ketones is 3. The van der Waals surface area contributed by atoms with E-state index in [0.717, 1.165) is 0 Å². The number of nitrogens with zero attached hydrogens (tertiary/aromatic N) is 2. The first kappa shape index (κ1) is 39.7. The highest BCUT2D eigenvalue weighted by atomic mass is 16.6. The molecular weight excluding hydrogens is 594 g/mol. The summed E-state index contributed by atoms with van der Waals surface area (Å²) in [5, 5.41) is 5.32. The van der Waals surface area contributed by atoms with E-state index in [1.54, 1.807) is 38.4 Å². The summed E-state index contributed by atoms with van der Waals surface area (Å²) in [7, 11) is 3.24. The fourth-order valence-corrected chi connectivity index (χ4v) is 4.50. The second kappa shape index (κ2) is 20.7. The van der Waals surface area contributed by atoms with Gasteiger partial charge in [-0.25, -0.2) is 9.59 Å². The molecule has 13 heteroatoms. The molecule has 1 aromatic carbocycles. The molecule has 0 spiro atoms. The second-order valence-corrected chi connectivity index (χ2v) is 12.0. The third-order valence-electron chi connectivity index (χ3n) is 7.63. The molecule has 5 amide bonds. The number of rotatable bonds is 21. The number of nitrogens with two attached hydrogens (primary N) is 1. The number of carbonyl (C=O) groups excluding carboxylic acids is 7. The van der Waals surface area contributed by atoms with Crippen LogP contribution in [0.3, 0.4) is 0 Å². The van der Waals surface area contributed by atoms with E-state index in [4.69, 9.17) is 10.5 Å². The molecule has 256 valence electrons. The zero-order chi connectivity index (χ0) is 34.8. The Morgan fingerprint density at radius 2 is 1.48 bits per heavy atom. The third-order valence-corrected chi connectivity index (χ3v) is 7.63. The maximum atomic E-state index is 13.4. The summed E-state index contributed by atoms with van der Waals surface area (Å²) in [6.45, 7) is 7.55. The number of nitrogens with one attached hydrogen (secondary N) is 2. The molecule has 1 aromatic rings. The highest BCUT2D eigenvalue weighted by Gasteiger charge is 2.29. The lowest BCUT2D eigenvalue weighted by Gasteiger charge is -2.24. The van der Waals surface area contributed by atoms with Crippen molar-refractivity contribution in [3.63, 3.8) is 0 Å². The summed E-state index contributed by atoms with van der Waals surface area (Å²) in [6, 6.07) is 5.45. The van der Waals surface area contributed by atoms with Crippen LogP contribution >= 0.6 is 0 Å². The largest absolute Gasteiger partial charge is 0.445 e. The van der Waals surface area contributed by atoms with Gasteiger partial charge in [0.2, 0.25) is 11.8 Å². The molecule has 46 heavy (non-hydrogen) atoms. The van der Waals surface area contributed by atoms with Crippen molar-refractivity contribution in [1.82, 2.24) is 20.4 Å². The van der Waals surface area contributed by atoms with Crippen molar-refractivity contribution >= 4 is 41.3 Å². The smallest absolute Gasteiger partial charge is 0.409 e. The minimum atomic E-state index is -0.852. The lowest BCUT2D eigenvalue weighted by Crippen LogP contribution is -2.46. The van der Waals surface area contributed by atoms with Gasteiger partial charge in [-0.3, -0.25) is 19.2 Å². The van der Waals surface area contributed by atoms with Crippen molar-refractivity contribution in [2.24, 2.45) is 17.6 Å². The molecule has 0 heterocycles. The maximum absolute atomic E-state index is 13.4. The van der Waals surface area contributed by atoms with Crippen molar-refractivity contribution in [2.75, 3.05) is 33.7 Å². The van der Waals surface area contributed by atoms with Gasteiger partial charge in [-0.05, 0) is 43.2 Å². The zero-order valence-corrected chi connectivity index (χ0v) is 28.1. The number of urea groups is 1. The number of ether oxygens (including phenoxy) is 1. The number of likely N-dealkylation sites (N-methyl/N-ethyl adjacent to an activating group) is 2. The lowest BCUT2D eigenvalue weighted by molar-refractivity contribution is -0.133. The number of amides is 5. The summed E-state index contributed by atoms with van der Waals surface area (Å²) >= 11 is 0. The molecule has 0 fully saturated rings. The Morgan fingerprint density at radius 3 is 2.04 bits per heavy atom. The number of hydrogen-bond donors (Lipinski definition) is 3. The topological polar surface area (TPSA) is 185 Å². The molecule has 0 radical (unpaired) electrons. The van der Waals surface area contributed by atoms with Crippen molar-refractivity contribution in [2.45, 2.75) is 85.3 Å². The van der Waals surface area contributed by atoms with Crippen molar-refractivity contribution in [1.29, 1.82) is 0 Å². The molecular formula is C33H51N5O8. The summed E-state index contributed by atoms with van der Waals surface area (Å²) < 4.78 is 5.35. The van der Waals surface area contributed by atoms with Crippen LogP contribution in [0.25, 0.3) is 0 Å². The Balaban J connectivity index is 2.84. The van der Waals surface area contributed by atoms with Crippen LogP contribution in [0.2, 0.25) is 0 Å². The first-order chi connectivity index (χ1) is 21.6. The van der Waals surface area contributed by atoms with Gasteiger partial charge < -0.3 is 35.7 Å². The summed E-state index contributed by atoms with van der Waals surface area (Å²) in [6.07, 6.45) is 1.11. The Kier molecular flexibility index (Phi) is 17.9. The zero-order valence-electron chi connectivity index (χ0n) is 28.1. The van der Waals surface area contributed by atoms with E-state index in [9.17, 15) is 33.6 Å². The molecule has 0 aliphatic rings. The van der Waals surface area contributed by atoms with E-state index in [1.807, 2.05) is 13.8 Å². The van der Waals surface area contributed by atoms with Crippen LogP contribution in [0, 0.1) is 11.8 Å². The number of Topliss-reactive ketones (excluding diaryl/α,β-unsaturated/α-hetero) is 3. The van der Waals surface area contributed by atoms with Gasteiger partial charge in [0.25, 0.3) is 0 Å². The fourth-order valence-electron chi connectivity index (χ4n) is 4.50. The summed E-state index contributed by atoms with van der Waals surface area (Å²) in [4.78, 5) is 88.1. The second-order valence-electron chi connectivity index (χ2n) is 12.0. The van der Waals surface area contributed by atoms with Crippen LogP contribution in [0.1, 0.15) is 77.3 Å². The van der Waals surface area contributed by atoms with Crippen molar-refractivity contribution in [3.05, 3.63) is 35.4 Å². The number of hydrogen-bond acceptors (Lipinski definition) is 8. The Labute approximate surface area is 271 Å². The minimum absolute atomic E-state index is 0.00559. The van der Waals surface area contributed by atoms with E-state index in [-0.39, 0.29) is 68.0 Å². The molecule has 0 saturated heterocycles. The molecule has 13 nitrogen and oxygen atoms in total. The highest BCUT2D eigenvalue weighted by molar-refractivity contribution is 5.93. The quantitative estimate of drug-likeness (QED) is 0.170. The molecule has 4 N–H and O–H groups in total. The van der Waals surface area contributed by atoms with Gasteiger partial charge in [0, 0.05) is 72.3 Å². The third kappa shape index (κ3) is 16.1. The van der Waals surface area contributed by atoms with Crippen molar-refractivity contribution < 1.29 is 38.3 Å². The molecule has 0 unspecified atom stereocenters. The van der Waals surface area contributed by atoms with E-state index < -0.39 is 30.0 Å². The van der Waals surface area contributed by atoms with Crippen LogP contribution in [0.5, 0.6) is 0 Å². The van der Waals surface area contributed by atoms with Crippen LogP contribution in [0.4, 0.5) is 9.59 Å². The first-order valence-corrected chi connectivity index (χ1v) is 15.7. The van der Waals surface area contributed by atoms with E-state index in [0.29, 0.717) is 43.5 Å². The Bertz CT molecular complexity index is 1200. The average Bonchev–Trinajstić information content (AvgIpc) is 2.98. The lowest BCUT2D eigenvalue weighted by atomic mass is 9.88. The van der Waals surface area contributed by atoms with Gasteiger partial charge in [0.05, 0.1) is 6.04 Å². The standard InChI is InChI=1S/C33H51N5O8/c1-22(2)28(20-27(41)10-7-9-23(3)39)31(43)36-29(11-8-16-35-32(34)44)30(42)19-25-12-14-26(15-13-25)21-46-33(45)38(6)18-17-37(5)24(4)40/h12-15,22,28-29H,7-11,16-21H2,1-6H3,(H,36,43)(H3,34,35,44)/t28-,29-/m0/s1. The average molecular weight is 646 g/mol. The van der Waals surface area contributed by atoms with E-state index in [1.165, 1.54) is 23.6 Å². The van der Waals surface area contributed by atoms with Gasteiger partial charge in [-0.2, -0.15) is 0 Å². The van der Waals surface area contributed by atoms with Gasteiger partial charge in [-0.15, -0.1) is 0 Å². The molecule has 0 aliphatic heterocycles. The van der Waals surface area contributed by atoms with Crippen LogP contribution in [0.15, 0.2) is 24.3 Å². The molecule has 0 bridgehead atoms. The maximum Gasteiger partial charge on any atom is 0.409 e. The van der Waals surface area contributed by atoms with Crippen molar-refractivity contribution in [3.8, 4) is 0 Å². The monoisotopic (exact) mass is 645 g/mol. The predicted octanol–water partition coefficient (Wildman–Crippen LogP) is 2.77. The van der Waals surface area contributed by atoms with Crippen LogP contribution in [-0.2, 0) is 41.7 Å².